The van der Waals surface area contributed by atoms with E-state index in [4.69, 9.17) is 17.4 Å². The Labute approximate surface area is 131 Å². The standard InChI is InChI=1S/C16H23ClN4/c1-4-12-6-8-13(9-7-12)14(19-18)10-15-16(17)11(3)20-21(15)5-2/h6-9,14,19H,4-5,10,18H2,1-3H3. The van der Waals surface area contributed by atoms with Crippen molar-refractivity contribution in [1.82, 2.24) is 15.2 Å². The summed E-state index contributed by atoms with van der Waals surface area (Å²) in [6, 6.07) is 8.55. The summed E-state index contributed by atoms with van der Waals surface area (Å²) in [6.45, 7) is 6.94. The third-order valence-electron chi connectivity index (χ3n) is 3.84. The number of nitrogens with zero attached hydrogens (tertiary/aromatic N) is 2. The van der Waals surface area contributed by atoms with E-state index in [0.29, 0.717) is 0 Å². The van der Waals surface area contributed by atoms with Gasteiger partial charge in [0.05, 0.1) is 22.5 Å². The quantitative estimate of drug-likeness (QED) is 0.636. The molecule has 1 atom stereocenters. The fraction of sp³-hybridized carbons (Fsp3) is 0.438. The number of aryl methyl sites for hydroxylation is 3. The van der Waals surface area contributed by atoms with E-state index in [1.54, 1.807) is 0 Å². The Morgan fingerprint density at radius 2 is 1.95 bits per heavy atom. The molecular formula is C16H23ClN4. The molecule has 1 unspecified atom stereocenters. The molecule has 0 bridgehead atoms. The Morgan fingerprint density at radius 3 is 2.48 bits per heavy atom. The average molecular weight is 307 g/mol. The van der Waals surface area contributed by atoms with Crippen molar-refractivity contribution in [2.45, 2.75) is 46.2 Å². The molecule has 0 saturated heterocycles. The molecule has 0 aliphatic heterocycles. The Morgan fingerprint density at radius 1 is 1.29 bits per heavy atom. The minimum absolute atomic E-state index is 0.0230. The highest BCUT2D eigenvalue weighted by atomic mass is 35.5. The molecule has 0 radical (unpaired) electrons. The maximum Gasteiger partial charge on any atom is 0.0847 e. The first-order valence-electron chi connectivity index (χ1n) is 7.37. The lowest BCUT2D eigenvalue weighted by molar-refractivity contribution is 0.517. The molecule has 1 heterocycles. The van der Waals surface area contributed by atoms with Crippen LogP contribution in [0, 0.1) is 6.92 Å². The number of aromatic nitrogens is 2. The fourth-order valence-corrected chi connectivity index (χ4v) is 2.73. The third kappa shape index (κ3) is 3.46. The van der Waals surface area contributed by atoms with Gasteiger partial charge >= 0.3 is 0 Å². The molecular weight excluding hydrogens is 284 g/mol. The van der Waals surface area contributed by atoms with Crippen LogP contribution >= 0.6 is 11.6 Å². The molecule has 2 rings (SSSR count). The van der Waals surface area contributed by atoms with Crippen molar-refractivity contribution in [3.8, 4) is 0 Å². The van der Waals surface area contributed by atoms with E-state index in [9.17, 15) is 0 Å². The molecule has 3 N–H and O–H groups in total. The molecule has 4 nitrogen and oxygen atoms in total. The predicted molar refractivity (Wildman–Crippen MR) is 87.2 cm³/mol. The molecule has 2 aromatic rings. The molecule has 114 valence electrons. The van der Waals surface area contributed by atoms with Gasteiger partial charge in [0.25, 0.3) is 0 Å². The van der Waals surface area contributed by atoms with Crippen LogP contribution in [0.15, 0.2) is 24.3 Å². The van der Waals surface area contributed by atoms with Crippen LogP contribution in [0.3, 0.4) is 0 Å². The van der Waals surface area contributed by atoms with E-state index in [-0.39, 0.29) is 6.04 Å². The zero-order chi connectivity index (χ0) is 15.4. The van der Waals surface area contributed by atoms with E-state index in [0.717, 1.165) is 41.4 Å². The van der Waals surface area contributed by atoms with Gasteiger partial charge in [-0.25, -0.2) is 0 Å². The van der Waals surface area contributed by atoms with E-state index < -0.39 is 0 Å². The first kappa shape index (κ1) is 16.0. The Hall–Kier alpha value is -1.36. The second-order valence-corrected chi connectivity index (χ2v) is 5.56. The van der Waals surface area contributed by atoms with Crippen molar-refractivity contribution in [1.29, 1.82) is 0 Å². The van der Waals surface area contributed by atoms with Crippen LogP contribution in [-0.2, 0) is 19.4 Å². The molecule has 1 aromatic heterocycles. The summed E-state index contributed by atoms with van der Waals surface area (Å²) in [5.41, 5.74) is 7.27. The molecule has 0 spiro atoms. The van der Waals surface area contributed by atoms with Crippen LogP contribution < -0.4 is 11.3 Å². The minimum atomic E-state index is 0.0230. The number of benzene rings is 1. The molecule has 0 fully saturated rings. The molecule has 0 saturated carbocycles. The smallest absolute Gasteiger partial charge is 0.0847 e. The van der Waals surface area contributed by atoms with Crippen LogP contribution in [0.1, 0.15) is 42.4 Å². The number of nitrogens with two attached hydrogens (primary N) is 1. The van der Waals surface area contributed by atoms with Gasteiger partial charge in [0.2, 0.25) is 0 Å². The summed E-state index contributed by atoms with van der Waals surface area (Å²) in [4.78, 5) is 0. The Bertz CT molecular complexity index is 589. The van der Waals surface area contributed by atoms with Crippen molar-refractivity contribution >= 4 is 11.6 Å². The maximum atomic E-state index is 6.38. The van der Waals surface area contributed by atoms with Gasteiger partial charge in [0, 0.05) is 13.0 Å². The maximum absolute atomic E-state index is 6.38. The van der Waals surface area contributed by atoms with Crippen LogP contribution in [-0.4, -0.2) is 9.78 Å². The number of hydrogen-bond donors (Lipinski definition) is 2. The van der Waals surface area contributed by atoms with Gasteiger partial charge in [-0.15, -0.1) is 0 Å². The number of rotatable bonds is 6. The highest BCUT2D eigenvalue weighted by Crippen LogP contribution is 2.26. The predicted octanol–water partition coefficient (Wildman–Crippen LogP) is 3.17. The van der Waals surface area contributed by atoms with Gasteiger partial charge in [0.1, 0.15) is 0 Å². The van der Waals surface area contributed by atoms with E-state index in [2.05, 4.69) is 48.6 Å². The van der Waals surface area contributed by atoms with Crippen molar-refractivity contribution in [2.24, 2.45) is 5.84 Å². The van der Waals surface area contributed by atoms with Gasteiger partial charge in [-0.1, -0.05) is 42.8 Å². The van der Waals surface area contributed by atoms with Gasteiger partial charge in [0.15, 0.2) is 0 Å². The number of hydrazine groups is 1. The molecule has 0 aliphatic rings. The normalized spacial score (nSPS) is 12.6. The summed E-state index contributed by atoms with van der Waals surface area (Å²) < 4.78 is 1.95. The summed E-state index contributed by atoms with van der Waals surface area (Å²) in [5.74, 6) is 5.75. The first-order valence-corrected chi connectivity index (χ1v) is 7.75. The van der Waals surface area contributed by atoms with Crippen LogP contribution in [0.4, 0.5) is 0 Å². The fourth-order valence-electron chi connectivity index (χ4n) is 2.52. The summed E-state index contributed by atoms with van der Waals surface area (Å²) >= 11 is 6.38. The van der Waals surface area contributed by atoms with Gasteiger partial charge in [-0.3, -0.25) is 16.0 Å². The van der Waals surface area contributed by atoms with Crippen LogP contribution in [0.5, 0.6) is 0 Å². The highest BCUT2D eigenvalue weighted by molar-refractivity contribution is 6.31. The largest absolute Gasteiger partial charge is 0.271 e. The second kappa shape index (κ2) is 7.07. The number of hydrogen-bond acceptors (Lipinski definition) is 3. The van der Waals surface area contributed by atoms with Crippen molar-refractivity contribution in [2.75, 3.05) is 0 Å². The lowest BCUT2D eigenvalue weighted by Crippen LogP contribution is -2.30. The van der Waals surface area contributed by atoms with E-state index in [1.807, 2.05) is 11.6 Å². The average Bonchev–Trinajstić information content (AvgIpc) is 2.80. The molecule has 0 amide bonds. The van der Waals surface area contributed by atoms with Gasteiger partial charge in [-0.2, -0.15) is 5.10 Å². The number of nitrogens with one attached hydrogen (secondary N) is 1. The molecule has 0 aliphatic carbocycles. The third-order valence-corrected chi connectivity index (χ3v) is 4.33. The van der Waals surface area contributed by atoms with Crippen molar-refractivity contribution in [3.63, 3.8) is 0 Å². The minimum Gasteiger partial charge on any atom is -0.271 e. The van der Waals surface area contributed by atoms with Crippen molar-refractivity contribution in [3.05, 3.63) is 51.8 Å². The van der Waals surface area contributed by atoms with Gasteiger partial charge in [-0.05, 0) is 31.4 Å². The zero-order valence-corrected chi connectivity index (χ0v) is 13.6. The van der Waals surface area contributed by atoms with Crippen LogP contribution in [0.25, 0.3) is 0 Å². The SMILES string of the molecule is CCc1ccc(C(Cc2c(Cl)c(C)nn2CC)NN)cc1. The van der Waals surface area contributed by atoms with E-state index in [1.165, 1.54) is 5.56 Å². The molecule has 21 heavy (non-hydrogen) atoms. The van der Waals surface area contributed by atoms with Gasteiger partial charge < -0.3 is 0 Å². The summed E-state index contributed by atoms with van der Waals surface area (Å²) in [7, 11) is 0. The summed E-state index contributed by atoms with van der Waals surface area (Å²) in [6.07, 6.45) is 1.75. The van der Waals surface area contributed by atoms with E-state index >= 15 is 0 Å². The Balaban J connectivity index is 2.26. The monoisotopic (exact) mass is 306 g/mol. The topological polar surface area (TPSA) is 55.9 Å². The highest BCUT2D eigenvalue weighted by Gasteiger charge is 2.18. The summed E-state index contributed by atoms with van der Waals surface area (Å²) in [5, 5.41) is 5.19. The number of halogens is 1. The first-order chi connectivity index (χ1) is 10.1. The zero-order valence-electron chi connectivity index (χ0n) is 12.9. The Kier molecular flexibility index (Phi) is 5.39. The lowest BCUT2D eigenvalue weighted by Gasteiger charge is -2.17. The lowest BCUT2D eigenvalue weighted by atomic mass is 10.0. The van der Waals surface area contributed by atoms with Crippen molar-refractivity contribution < 1.29 is 0 Å². The molecule has 5 heteroatoms. The molecule has 1 aromatic carbocycles. The second-order valence-electron chi connectivity index (χ2n) is 5.18. The van der Waals surface area contributed by atoms with Crippen LogP contribution in [0.2, 0.25) is 5.02 Å².